The number of rotatable bonds is 6. The van der Waals surface area contributed by atoms with Gasteiger partial charge in [-0.15, -0.1) is 11.3 Å². The van der Waals surface area contributed by atoms with Crippen molar-refractivity contribution in [2.75, 3.05) is 0 Å². The van der Waals surface area contributed by atoms with Crippen LogP contribution in [0, 0.1) is 5.92 Å². The number of nitrogens with zero attached hydrogens (tertiary/aromatic N) is 1. The van der Waals surface area contributed by atoms with Crippen LogP contribution in [0.4, 0.5) is 4.79 Å². The van der Waals surface area contributed by atoms with Gasteiger partial charge in [0.2, 0.25) is 11.8 Å². The zero-order chi connectivity index (χ0) is 14.8. The van der Waals surface area contributed by atoms with E-state index < -0.39 is 11.8 Å². The number of allylic oxidation sites excluding steroid dienone is 1. The largest absolute Gasteiger partial charge is 0.534 e. The van der Waals surface area contributed by atoms with Crippen molar-refractivity contribution in [3.8, 4) is 11.8 Å². The van der Waals surface area contributed by atoms with Gasteiger partial charge in [-0.1, -0.05) is 6.08 Å². The van der Waals surface area contributed by atoms with E-state index in [-0.39, 0.29) is 11.8 Å². The summed E-state index contributed by atoms with van der Waals surface area (Å²) in [6.45, 7) is 5.51. The standard InChI is InChI=1S/C14H19NO5/c1-3-4-5-6-10-9-14(10,2)19-13(18)20-15-11(16)7-8-12(15)17/h3,7-8,10,16-17H,1,4-6,9H2,2H3/t10-,14-/m1/s1. The van der Waals surface area contributed by atoms with Gasteiger partial charge in [0.15, 0.2) is 0 Å². The second-order valence-corrected chi connectivity index (χ2v) is 5.22. The third-order valence-corrected chi connectivity index (χ3v) is 3.60. The molecule has 0 aliphatic heterocycles. The Morgan fingerprint density at radius 2 is 2.20 bits per heavy atom. The molecule has 0 amide bonds. The Morgan fingerprint density at radius 1 is 1.55 bits per heavy atom. The lowest BCUT2D eigenvalue weighted by Crippen LogP contribution is -2.26. The molecule has 2 rings (SSSR count). The summed E-state index contributed by atoms with van der Waals surface area (Å²) < 4.78 is 5.86. The van der Waals surface area contributed by atoms with E-state index in [1.807, 2.05) is 13.0 Å². The van der Waals surface area contributed by atoms with Gasteiger partial charge in [0.1, 0.15) is 5.60 Å². The predicted octanol–water partition coefficient (Wildman–Crippen LogP) is 2.60. The Balaban J connectivity index is 1.82. The topological polar surface area (TPSA) is 80.9 Å². The summed E-state index contributed by atoms with van der Waals surface area (Å²) in [5.41, 5.74) is -0.517. The van der Waals surface area contributed by atoms with Crippen molar-refractivity contribution in [2.45, 2.75) is 38.2 Å². The van der Waals surface area contributed by atoms with Gasteiger partial charge in [0, 0.05) is 18.1 Å². The third-order valence-electron chi connectivity index (χ3n) is 3.60. The number of aromatic nitrogens is 1. The quantitative estimate of drug-likeness (QED) is 0.476. The van der Waals surface area contributed by atoms with Crippen LogP contribution < -0.4 is 4.84 Å². The highest BCUT2D eigenvalue weighted by Gasteiger charge is 2.53. The molecule has 0 saturated heterocycles. The fourth-order valence-electron chi connectivity index (χ4n) is 2.25. The number of hydrogen-bond acceptors (Lipinski definition) is 5. The number of hydrogen-bond donors (Lipinski definition) is 2. The van der Waals surface area contributed by atoms with E-state index in [4.69, 9.17) is 9.57 Å². The molecule has 1 saturated carbocycles. The van der Waals surface area contributed by atoms with Crippen LogP contribution >= 0.6 is 0 Å². The van der Waals surface area contributed by atoms with Gasteiger partial charge in [-0.3, -0.25) is 4.84 Å². The second kappa shape index (κ2) is 5.48. The van der Waals surface area contributed by atoms with Gasteiger partial charge in [-0.05, 0) is 32.6 Å². The van der Waals surface area contributed by atoms with Crippen LogP contribution in [-0.2, 0) is 4.74 Å². The molecule has 1 aliphatic rings. The first-order valence-corrected chi connectivity index (χ1v) is 6.58. The minimum atomic E-state index is -0.944. The normalized spacial score (nSPS) is 24.1. The number of unbranched alkanes of at least 4 members (excludes halogenated alkanes) is 1. The molecule has 20 heavy (non-hydrogen) atoms. The van der Waals surface area contributed by atoms with E-state index >= 15 is 0 Å². The van der Waals surface area contributed by atoms with E-state index in [0.29, 0.717) is 10.6 Å². The van der Waals surface area contributed by atoms with Crippen molar-refractivity contribution in [1.29, 1.82) is 0 Å². The smallest absolute Gasteiger partial charge is 0.492 e. The lowest BCUT2D eigenvalue weighted by atomic mass is 10.1. The zero-order valence-corrected chi connectivity index (χ0v) is 11.4. The van der Waals surface area contributed by atoms with Gasteiger partial charge in [0.25, 0.3) is 0 Å². The van der Waals surface area contributed by atoms with Crippen LogP contribution in [0.2, 0.25) is 0 Å². The zero-order valence-electron chi connectivity index (χ0n) is 11.4. The summed E-state index contributed by atoms with van der Waals surface area (Å²) in [5.74, 6) is -0.423. The van der Waals surface area contributed by atoms with Crippen LogP contribution in [0.5, 0.6) is 11.8 Å². The van der Waals surface area contributed by atoms with Gasteiger partial charge < -0.3 is 14.9 Å². The maximum Gasteiger partial charge on any atom is 0.534 e. The molecular formula is C14H19NO5. The number of carbonyl (C=O) groups is 1. The average molecular weight is 281 g/mol. The van der Waals surface area contributed by atoms with E-state index in [1.165, 1.54) is 12.1 Å². The molecule has 1 fully saturated rings. The Hall–Kier alpha value is -2.11. The molecule has 1 aliphatic carbocycles. The summed E-state index contributed by atoms with van der Waals surface area (Å²) in [6, 6.07) is 2.42. The molecule has 1 aromatic rings. The SMILES string of the molecule is C=CCCC[C@@H]1C[C@@]1(C)OC(=O)On1c(O)ccc1O. The van der Waals surface area contributed by atoms with Gasteiger partial charge in [-0.2, -0.15) is 0 Å². The van der Waals surface area contributed by atoms with Gasteiger partial charge >= 0.3 is 6.16 Å². The van der Waals surface area contributed by atoms with Crippen molar-refractivity contribution in [2.24, 2.45) is 5.92 Å². The maximum atomic E-state index is 11.6. The van der Waals surface area contributed by atoms with Crippen molar-refractivity contribution in [3.05, 3.63) is 24.8 Å². The lowest BCUT2D eigenvalue weighted by Gasteiger charge is -2.13. The molecule has 0 bridgehead atoms. The highest BCUT2D eigenvalue weighted by molar-refractivity contribution is 5.62. The molecular weight excluding hydrogens is 262 g/mol. The summed E-state index contributed by atoms with van der Waals surface area (Å²) >= 11 is 0. The Bertz CT molecular complexity index is 490. The van der Waals surface area contributed by atoms with Crippen molar-refractivity contribution >= 4 is 6.16 Å². The molecule has 110 valence electrons. The minimum Gasteiger partial charge on any atom is -0.492 e. The van der Waals surface area contributed by atoms with Gasteiger partial charge in [-0.25, -0.2) is 4.79 Å². The monoisotopic (exact) mass is 281 g/mol. The van der Waals surface area contributed by atoms with Crippen LogP contribution in [-0.4, -0.2) is 26.7 Å². The van der Waals surface area contributed by atoms with E-state index in [1.54, 1.807) is 0 Å². The van der Waals surface area contributed by atoms with Crippen LogP contribution in [0.1, 0.15) is 32.6 Å². The molecule has 6 heteroatoms. The first kappa shape index (κ1) is 14.3. The van der Waals surface area contributed by atoms with E-state index in [0.717, 1.165) is 25.7 Å². The molecule has 0 aromatic carbocycles. The fraction of sp³-hybridized carbons (Fsp3) is 0.500. The first-order chi connectivity index (χ1) is 9.46. The Morgan fingerprint density at radius 3 is 2.80 bits per heavy atom. The minimum absolute atomic E-state index is 0.321. The average Bonchev–Trinajstić information content (AvgIpc) is 2.91. The number of carbonyl (C=O) groups excluding carboxylic acids is 1. The summed E-state index contributed by atoms with van der Waals surface area (Å²) in [6.07, 6.45) is 4.65. The molecule has 0 radical (unpaired) electrons. The molecule has 0 unspecified atom stereocenters. The second-order valence-electron chi connectivity index (χ2n) is 5.22. The summed E-state index contributed by atoms with van der Waals surface area (Å²) in [7, 11) is 0. The maximum absolute atomic E-state index is 11.6. The van der Waals surface area contributed by atoms with Crippen LogP contribution in [0.15, 0.2) is 24.8 Å². The lowest BCUT2D eigenvalue weighted by molar-refractivity contribution is 0.000214. The van der Waals surface area contributed by atoms with E-state index in [2.05, 4.69) is 6.58 Å². The molecule has 1 aromatic heterocycles. The number of aromatic hydroxyl groups is 2. The van der Waals surface area contributed by atoms with Crippen LogP contribution in [0.3, 0.4) is 0 Å². The molecule has 0 spiro atoms. The Kier molecular flexibility index (Phi) is 3.92. The van der Waals surface area contributed by atoms with E-state index in [9.17, 15) is 15.0 Å². The highest BCUT2D eigenvalue weighted by Crippen LogP contribution is 2.49. The van der Waals surface area contributed by atoms with Crippen molar-refractivity contribution in [1.82, 2.24) is 4.73 Å². The number of ether oxygens (including phenoxy) is 1. The first-order valence-electron chi connectivity index (χ1n) is 6.58. The predicted molar refractivity (Wildman–Crippen MR) is 71.4 cm³/mol. The molecule has 1 heterocycles. The van der Waals surface area contributed by atoms with Crippen molar-refractivity contribution < 1.29 is 24.6 Å². The highest BCUT2D eigenvalue weighted by atomic mass is 16.8. The summed E-state index contributed by atoms with van der Waals surface area (Å²) in [5, 5.41) is 18.7. The van der Waals surface area contributed by atoms with Crippen LogP contribution in [0.25, 0.3) is 0 Å². The third kappa shape index (κ3) is 3.07. The summed E-state index contributed by atoms with van der Waals surface area (Å²) in [4.78, 5) is 16.4. The molecule has 6 nitrogen and oxygen atoms in total. The van der Waals surface area contributed by atoms with Crippen molar-refractivity contribution in [3.63, 3.8) is 0 Å². The fourth-order valence-corrected chi connectivity index (χ4v) is 2.25. The Labute approximate surface area is 117 Å². The molecule has 2 atom stereocenters. The van der Waals surface area contributed by atoms with Gasteiger partial charge in [0.05, 0.1) is 0 Å². The molecule has 2 N–H and O–H groups in total.